The lowest BCUT2D eigenvalue weighted by molar-refractivity contribution is 0.0995. The minimum atomic E-state index is -0.371. The molecule has 1 unspecified atom stereocenters. The first kappa shape index (κ1) is 13.6. The standard InChI is InChI=1S/C14H14ClNO3/c1-9(15)12-6-7-13(19-12)14(18)16-11-5-3-2-4-10(11)8-17/h2-7,9,17H,8H2,1H3,(H,16,18). The van der Waals surface area contributed by atoms with E-state index in [9.17, 15) is 9.90 Å². The maximum Gasteiger partial charge on any atom is 0.291 e. The molecule has 0 saturated heterocycles. The van der Waals surface area contributed by atoms with Crippen LogP contribution in [0, 0.1) is 0 Å². The number of anilines is 1. The molecule has 0 fully saturated rings. The van der Waals surface area contributed by atoms with Crippen molar-refractivity contribution < 1.29 is 14.3 Å². The number of nitrogens with one attached hydrogen (secondary N) is 1. The summed E-state index contributed by atoms with van der Waals surface area (Å²) >= 11 is 5.87. The molecule has 19 heavy (non-hydrogen) atoms. The second kappa shape index (κ2) is 5.91. The maximum atomic E-state index is 12.0. The lowest BCUT2D eigenvalue weighted by Crippen LogP contribution is -2.12. The molecule has 1 aromatic carbocycles. The van der Waals surface area contributed by atoms with Crippen LogP contribution in [0.25, 0.3) is 0 Å². The molecule has 1 aromatic heterocycles. The molecule has 0 saturated carbocycles. The lowest BCUT2D eigenvalue weighted by Gasteiger charge is -2.07. The molecular weight excluding hydrogens is 266 g/mol. The number of aliphatic hydroxyl groups excluding tert-OH is 1. The van der Waals surface area contributed by atoms with E-state index in [0.29, 0.717) is 17.0 Å². The highest BCUT2D eigenvalue weighted by Gasteiger charge is 2.14. The van der Waals surface area contributed by atoms with E-state index >= 15 is 0 Å². The fraction of sp³-hybridized carbons (Fsp3) is 0.214. The zero-order valence-corrected chi connectivity index (χ0v) is 11.1. The number of halogens is 1. The first-order valence-corrected chi connectivity index (χ1v) is 6.29. The molecule has 0 spiro atoms. The minimum absolute atomic E-state index is 0.140. The quantitative estimate of drug-likeness (QED) is 0.844. The first-order valence-electron chi connectivity index (χ1n) is 5.85. The van der Waals surface area contributed by atoms with Crippen molar-refractivity contribution in [3.05, 3.63) is 53.5 Å². The number of furan rings is 1. The highest BCUT2D eigenvalue weighted by Crippen LogP contribution is 2.23. The van der Waals surface area contributed by atoms with E-state index in [1.165, 1.54) is 0 Å². The van der Waals surface area contributed by atoms with Crippen LogP contribution in [0.3, 0.4) is 0 Å². The van der Waals surface area contributed by atoms with Gasteiger partial charge in [0, 0.05) is 11.3 Å². The molecule has 0 aliphatic carbocycles. The molecule has 1 heterocycles. The van der Waals surface area contributed by atoms with Crippen LogP contribution in [0.5, 0.6) is 0 Å². The number of carbonyl (C=O) groups is 1. The van der Waals surface area contributed by atoms with Gasteiger partial charge in [-0.25, -0.2) is 0 Å². The Kier molecular flexibility index (Phi) is 4.24. The van der Waals surface area contributed by atoms with E-state index < -0.39 is 0 Å². The van der Waals surface area contributed by atoms with Gasteiger partial charge in [-0.2, -0.15) is 0 Å². The normalized spacial score (nSPS) is 12.2. The van der Waals surface area contributed by atoms with Gasteiger partial charge in [-0.05, 0) is 25.1 Å². The number of hydrogen-bond donors (Lipinski definition) is 2. The monoisotopic (exact) mass is 279 g/mol. The van der Waals surface area contributed by atoms with Crippen LogP contribution in [0.1, 0.15) is 34.2 Å². The van der Waals surface area contributed by atoms with Gasteiger partial charge in [0.2, 0.25) is 0 Å². The number of para-hydroxylation sites is 1. The lowest BCUT2D eigenvalue weighted by atomic mass is 10.2. The number of carbonyl (C=O) groups excluding carboxylic acids is 1. The molecule has 0 bridgehead atoms. The summed E-state index contributed by atoms with van der Waals surface area (Å²) in [6.07, 6.45) is 0. The molecule has 4 nitrogen and oxygen atoms in total. The predicted octanol–water partition coefficient (Wildman–Crippen LogP) is 3.32. The Hall–Kier alpha value is -1.78. The third kappa shape index (κ3) is 3.16. The van der Waals surface area contributed by atoms with E-state index in [-0.39, 0.29) is 23.7 Å². The smallest absolute Gasteiger partial charge is 0.291 e. The molecule has 0 aliphatic heterocycles. The number of benzene rings is 1. The summed E-state index contributed by atoms with van der Waals surface area (Å²) in [4.78, 5) is 12.0. The molecule has 2 rings (SSSR count). The average molecular weight is 280 g/mol. The van der Waals surface area contributed by atoms with Crippen LogP contribution in [0.2, 0.25) is 0 Å². The zero-order valence-electron chi connectivity index (χ0n) is 10.4. The Labute approximate surface area is 116 Å². The summed E-state index contributed by atoms with van der Waals surface area (Å²) in [6, 6.07) is 10.3. The van der Waals surface area contributed by atoms with Gasteiger partial charge in [0.05, 0.1) is 12.0 Å². The predicted molar refractivity (Wildman–Crippen MR) is 73.3 cm³/mol. The molecular formula is C14H14ClNO3. The van der Waals surface area contributed by atoms with Crippen molar-refractivity contribution >= 4 is 23.2 Å². The molecule has 100 valence electrons. The van der Waals surface area contributed by atoms with Gasteiger partial charge in [-0.1, -0.05) is 18.2 Å². The average Bonchev–Trinajstić information content (AvgIpc) is 2.89. The van der Waals surface area contributed by atoms with Crippen LogP contribution < -0.4 is 5.32 Å². The minimum Gasteiger partial charge on any atom is -0.454 e. The summed E-state index contributed by atoms with van der Waals surface area (Å²) in [6.45, 7) is 1.63. The van der Waals surface area contributed by atoms with Crippen molar-refractivity contribution in [2.24, 2.45) is 0 Å². The number of rotatable bonds is 4. The summed E-state index contributed by atoms with van der Waals surface area (Å²) in [5.41, 5.74) is 1.21. The Morgan fingerprint density at radius 3 is 2.74 bits per heavy atom. The SMILES string of the molecule is CC(Cl)c1ccc(C(=O)Nc2ccccc2CO)o1. The number of amides is 1. The van der Waals surface area contributed by atoms with Crippen LogP contribution in [-0.4, -0.2) is 11.0 Å². The van der Waals surface area contributed by atoms with Crippen molar-refractivity contribution in [2.45, 2.75) is 18.9 Å². The fourth-order valence-electron chi connectivity index (χ4n) is 1.65. The van der Waals surface area contributed by atoms with Gasteiger partial charge >= 0.3 is 0 Å². The molecule has 5 heteroatoms. The van der Waals surface area contributed by atoms with Crippen molar-refractivity contribution in [2.75, 3.05) is 5.32 Å². The van der Waals surface area contributed by atoms with Crippen molar-refractivity contribution in [1.82, 2.24) is 0 Å². The van der Waals surface area contributed by atoms with Gasteiger partial charge in [0.25, 0.3) is 5.91 Å². The summed E-state index contributed by atoms with van der Waals surface area (Å²) in [7, 11) is 0. The summed E-state index contributed by atoms with van der Waals surface area (Å²) < 4.78 is 5.35. The van der Waals surface area contributed by atoms with Crippen LogP contribution in [0.4, 0.5) is 5.69 Å². The van der Waals surface area contributed by atoms with E-state index in [4.69, 9.17) is 16.0 Å². The van der Waals surface area contributed by atoms with Gasteiger partial charge in [0.1, 0.15) is 5.76 Å². The van der Waals surface area contributed by atoms with Gasteiger partial charge in [0.15, 0.2) is 5.76 Å². The molecule has 2 N–H and O–H groups in total. The van der Waals surface area contributed by atoms with E-state index in [1.54, 1.807) is 43.3 Å². The van der Waals surface area contributed by atoms with E-state index in [2.05, 4.69) is 5.32 Å². The highest BCUT2D eigenvalue weighted by atomic mass is 35.5. The molecule has 0 aliphatic rings. The Morgan fingerprint density at radius 1 is 1.37 bits per heavy atom. The highest BCUT2D eigenvalue weighted by molar-refractivity contribution is 6.20. The molecule has 1 atom stereocenters. The summed E-state index contributed by atoms with van der Waals surface area (Å²) in [5, 5.41) is 11.6. The zero-order chi connectivity index (χ0) is 13.8. The van der Waals surface area contributed by atoms with Crippen molar-refractivity contribution in [1.29, 1.82) is 0 Å². The van der Waals surface area contributed by atoms with E-state index in [1.807, 2.05) is 0 Å². The second-order valence-electron chi connectivity index (χ2n) is 4.09. The fourth-order valence-corrected chi connectivity index (χ4v) is 1.77. The second-order valence-corrected chi connectivity index (χ2v) is 4.74. The topological polar surface area (TPSA) is 62.5 Å². The molecule has 2 aromatic rings. The van der Waals surface area contributed by atoms with Crippen molar-refractivity contribution in [3.8, 4) is 0 Å². The third-order valence-corrected chi connectivity index (χ3v) is 2.89. The van der Waals surface area contributed by atoms with Crippen LogP contribution in [-0.2, 0) is 6.61 Å². The van der Waals surface area contributed by atoms with Crippen LogP contribution >= 0.6 is 11.6 Å². The number of aliphatic hydroxyl groups is 1. The maximum absolute atomic E-state index is 12.0. The third-order valence-electron chi connectivity index (χ3n) is 2.68. The Balaban J connectivity index is 2.16. The van der Waals surface area contributed by atoms with Crippen LogP contribution in [0.15, 0.2) is 40.8 Å². The number of hydrogen-bond acceptors (Lipinski definition) is 3. The van der Waals surface area contributed by atoms with E-state index in [0.717, 1.165) is 0 Å². The number of alkyl halides is 1. The van der Waals surface area contributed by atoms with Gasteiger partial charge in [-0.3, -0.25) is 4.79 Å². The summed E-state index contributed by atoms with van der Waals surface area (Å²) in [5.74, 6) is 0.363. The van der Waals surface area contributed by atoms with Gasteiger partial charge in [-0.15, -0.1) is 11.6 Å². The van der Waals surface area contributed by atoms with Gasteiger partial charge < -0.3 is 14.8 Å². The Morgan fingerprint density at radius 2 is 2.11 bits per heavy atom. The molecule has 0 radical (unpaired) electrons. The molecule has 1 amide bonds. The first-order chi connectivity index (χ1) is 9.11. The Bertz CT molecular complexity index is 578. The largest absolute Gasteiger partial charge is 0.454 e. The van der Waals surface area contributed by atoms with Crippen molar-refractivity contribution in [3.63, 3.8) is 0 Å².